The Kier molecular flexibility index (Phi) is 23.0. The number of hydrogen-bond donors (Lipinski definition) is 0. The van der Waals surface area contributed by atoms with Gasteiger partial charge in [-0.2, -0.15) is 0 Å². The summed E-state index contributed by atoms with van der Waals surface area (Å²) in [4.78, 5) is 0. The maximum atomic E-state index is 6.36. The molecule has 2 heteroatoms. The zero-order valence-corrected chi connectivity index (χ0v) is 22.7. The van der Waals surface area contributed by atoms with Crippen molar-refractivity contribution in [2.75, 3.05) is 34.3 Å². The standard InChI is InChI=1S/C29H62NO/c1-6-8-10-12-14-16-18-20-22-24-26-29(28-30(3,4)5)31-27-25-23-21-19-17-15-13-11-9-7-2/h29H,6-28H2,1-5H3/q+1. The first-order chi connectivity index (χ1) is 15.0. The topological polar surface area (TPSA) is 9.23 Å². The molecule has 31 heavy (non-hydrogen) atoms. The third-order valence-corrected chi connectivity index (χ3v) is 6.48. The molecular formula is C29H62NO+. The van der Waals surface area contributed by atoms with Crippen LogP contribution in [0.25, 0.3) is 0 Å². The number of rotatable bonds is 25. The largest absolute Gasteiger partial charge is 0.372 e. The molecule has 0 aromatic carbocycles. The Morgan fingerprint density at radius 3 is 1.23 bits per heavy atom. The van der Waals surface area contributed by atoms with Gasteiger partial charge in [0.2, 0.25) is 0 Å². The molecule has 2 nitrogen and oxygen atoms in total. The first-order valence-electron chi connectivity index (χ1n) is 14.4. The molecule has 0 aliphatic carbocycles. The van der Waals surface area contributed by atoms with Gasteiger partial charge in [-0.3, -0.25) is 0 Å². The van der Waals surface area contributed by atoms with Gasteiger partial charge in [-0.05, 0) is 12.8 Å². The van der Waals surface area contributed by atoms with Crippen molar-refractivity contribution in [1.82, 2.24) is 0 Å². The number of unbranched alkanes of at least 4 members (excludes halogenated alkanes) is 18. The van der Waals surface area contributed by atoms with Gasteiger partial charge < -0.3 is 9.22 Å². The summed E-state index contributed by atoms with van der Waals surface area (Å²) in [6.45, 7) is 6.71. The summed E-state index contributed by atoms with van der Waals surface area (Å²) >= 11 is 0. The summed E-state index contributed by atoms with van der Waals surface area (Å²) in [5, 5.41) is 0. The molecule has 0 rings (SSSR count). The average Bonchev–Trinajstić information content (AvgIpc) is 2.72. The fraction of sp³-hybridized carbons (Fsp3) is 1.00. The molecule has 0 bridgehead atoms. The highest BCUT2D eigenvalue weighted by Gasteiger charge is 2.18. The van der Waals surface area contributed by atoms with Gasteiger partial charge in [0.1, 0.15) is 12.6 Å². The van der Waals surface area contributed by atoms with Gasteiger partial charge in [0.05, 0.1) is 21.1 Å². The van der Waals surface area contributed by atoms with Crippen LogP contribution in [0.5, 0.6) is 0 Å². The van der Waals surface area contributed by atoms with E-state index in [4.69, 9.17) is 4.74 Å². The maximum absolute atomic E-state index is 6.36. The predicted molar refractivity (Wildman–Crippen MR) is 141 cm³/mol. The molecule has 1 atom stereocenters. The number of nitrogens with zero attached hydrogens (tertiary/aromatic N) is 1. The van der Waals surface area contributed by atoms with Crippen LogP contribution < -0.4 is 0 Å². The highest BCUT2D eigenvalue weighted by molar-refractivity contribution is 4.59. The quantitative estimate of drug-likeness (QED) is 0.101. The molecule has 0 fully saturated rings. The van der Waals surface area contributed by atoms with E-state index >= 15 is 0 Å². The predicted octanol–water partition coefficient (Wildman–Crippen LogP) is 9.31. The summed E-state index contributed by atoms with van der Waals surface area (Å²) in [5.74, 6) is 0. The van der Waals surface area contributed by atoms with E-state index in [-0.39, 0.29) is 0 Å². The summed E-state index contributed by atoms with van der Waals surface area (Å²) in [6.07, 6.45) is 29.8. The van der Waals surface area contributed by atoms with E-state index in [1.807, 2.05) is 0 Å². The minimum absolute atomic E-state index is 0.451. The Morgan fingerprint density at radius 1 is 0.484 bits per heavy atom. The number of hydrogen-bond acceptors (Lipinski definition) is 1. The van der Waals surface area contributed by atoms with E-state index < -0.39 is 0 Å². The molecule has 0 amide bonds. The molecule has 188 valence electrons. The minimum Gasteiger partial charge on any atom is -0.372 e. The van der Waals surface area contributed by atoms with Crippen LogP contribution in [0, 0.1) is 0 Å². The van der Waals surface area contributed by atoms with E-state index in [0.717, 1.165) is 17.6 Å². The van der Waals surface area contributed by atoms with E-state index in [1.54, 1.807) is 0 Å². The Hall–Kier alpha value is -0.0800. The number of ether oxygens (including phenoxy) is 1. The van der Waals surface area contributed by atoms with Gasteiger partial charge in [0.25, 0.3) is 0 Å². The summed E-state index contributed by atoms with van der Waals surface area (Å²) < 4.78 is 7.37. The Bertz CT molecular complexity index is 336. The lowest BCUT2D eigenvalue weighted by molar-refractivity contribution is -0.873. The van der Waals surface area contributed by atoms with Crippen molar-refractivity contribution >= 4 is 0 Å². The fourth-order valence-corrected chi connectivity index (χ4v) is 4.54. The second kappa shape index (κ2) is 23.1. The molecule has 0 aromatic heterocycles. The Balaban J connectivity index is 3.68. The molecule has 0 spiro atoms. The molecule has 1 unspecified atom stereocenters. The molecular weight excluding hydrogens is 378 g/mol. The van der Waals surface area contributed by atoms with Crippen molar-refractivity contribution in [3.05, 3.63) is 0 Å². The molecule has 0 heterocycles. The van der Waals surface area contributed by atoms with Crippen LogP contribution in [0.1, 0.15) is 149 Å². The van der Waals surface area contributed by atoms with Gasteiger partial charge in [0.15, 0.2) is 0 Å². The van der Waals surface area contributed by atoms with Crippen molar-refractivity contribution in [3.63, 3.8) is 0 Å². The van der Waals surface area contributed by atoms with E-state index in [1.165, 1.54) is 135 Å². The molecule has 0 saturated heterocycles. The van der Waals surface area contributed by atoms with Gasteiger partial charge in [0, 0.05) is 6.61 Å². The molecule has 0 aliphatic heterocycles. The van der Waals surface area contributed by atoms with Crippen LogP contribution in [0.2, 0.25) is 0 Å². The second-order valence-electron chi connectivity index (χ2n) is 11.1. The monoisotopic (exact) mass is 440 g/mol. The van der Waals surface area contributed by atoms with Crippen molar-refractivity contribution < 1.29 is 9.22 Å². The smallest absolute Gasteiger partial charge is 0.106 e. The van der Waals surface area contributed by atoms with Gasteiger partial charge in [-0.25, -0.2) is 0 Å². The zero-order chi connectivity index (χ0) is 23.0. The van der Waals surface area contributed by atoms with Crippen LogP contribution in [0.15, 0.2) is 0 Å². The van der Waals surface area contributed by atoms with Crippen molar-refractivity contribution in [2.24, 2.45) is 0 Å². The lowest BCUT2D eigenvalue weighted by Gasteiger charge is -2.29. The van der Waals surface area contributed by atoms with Crippen molar-refractivity contribution in [2.45, 2.75) is 155 Å². The first-order valence-corrected chi connectivity index (χ1v) is 14.4. The van der Waals surface area contributed by atoms with Crippen LogP contribution >= 0.6 is 0 Å². The highest BCUT2D eigenvalue weighted by atomic mass is 16.5. The molecule has 0 aromatic rings. The molecule has 0 N–H and O–H groups in total. The first kappa shape index (κ1) is 30.9. The third kappa shape index (κ3) is 26.1. The van der Waals surface area contributed by atoms with Crippen LogP contribution in [0.3, 0.4) is 0 Å². The molecule has 0 aliphatic rings. The van der Waals surface area contributed by atoms with Crippen LogP contribution in [-0.4, -0.2) is 44.9 Å². The number of quaternary nitrogens is 1. The average molecular weight is 441 g/mol. The molecule has 0 saturated carbocycles. The van der Waals surface area contributed by atoms with Crippen molar-refractivity contribution in [3.8, 4) is 0 Å². The second-order valence-corrected chi connectivity index (χ2v) is 11.1. The maximum Gasteiger partial charge on any atom is 0.106 e. The lowest BCUT2D eigenvalue weighted by Crippen LogP contribution is -2.42. The third-order valence-electron chi connectivity index (χ3n) is 6.48. The van der Waals surface area contributed by atoms with Gasteiger partial charge in [-0.15, -0.1) is 0 Å². The summed E-state index contributed by atoms with van der Waals surface area (Å²) in [6, 6.07) is 0. The van der Waals surface area contributed by atoms with Crippen molar-refractivity contribution in [1.29, 1.82) is 0 Å². The van der Waals surface area contributed by atoms with E-state index in [0.29, 0.717) is 6.10 Å². The Labute approximate surface area is 198 Å². The Morgan fingerprint density at radius 2 is 0.839 bits per heavy atom. The van der Waals surface area contributed by atoms with E-state index in [9.17, 15) is 0 Å². The van der Waals surface area contributed by atoms with Crippen LogP contribution in [-0.2, 0) is 4.74 Å². The molecule has 0 radical (unpaired) electrons. The number of likely N-dealkylation sites (N-methyl/N-ethyl adjacent to an activating group) is 1. The van der Waals surface area contributed by atoms with Gasteiger partial charge in [-0.1, -0.05) is 136 Å². The zero-order valence-electron chi connectivity index (χ0n) is 22.7. The van der Waals surface area contributed by atoms with E-state index in [2.05, 4.69) is 35.0 Å². The SMILES string of the molecule is CCCCCCCCCCCCOC(CCCCCCCCCCCC)C[N+](C)(C)C. The normalized spacial score (nSPS) is 13.1. The minimum atomic E-state index is 0.451. The fourth-order valence-electron chi connectivity index (χ4n) is 4.54. The lowest BCUT2D eigenvalue weighted by atomic mass is 10.0. The highest BCUT2D eigenvalue weighted by Crippen LogP contribution is 2.15. The summed E-state index contributed by atoms with van der Waals surface area (Å²) in [5.41, 5.74) is 0. The van der Waals surface area contributed by atoms with Gasteiger partial charge >= 0.3 is 0 Å². The summed E-state index contributed by atoms with van der Waals surface area (Å²) in [7, 11) is 6.90. The van der Waals surface area contributed by atoms with Crippen LogP contribution in [0.4, 0.5) is 0 Å².